The van der Waals surface area contributed by atoms with Crippen LogP contribution in [0.15, 0.2) is 17.3 Å². The Hall–Kier alpha value is -1.13. The first kappa shape index (κ1) is 14.3. The van der Waals surface area contributed by atoms with Crippen LogP contribution in [0.1, 0.15) is 12.8 Å². The van der Waals surface area contributed by atoms with Crippen LogP contribution in [0.5, 0.6) is 0 Å². The topological polar surface area (TPSA) is 84.2 Å². The number of rotatable bonds is 5. The summed E-state index contributed by atoms with van der Waals surface area (Å²) in [7, 11) is -4.27. The summed E-state index contributed by atoms with van der Waals surface area (Å²) in [6, 6.07) is 0. The minimum absolute atomic E-state index is 0.0694. The summed E-state index contributed by atoms with van der Waals surface area (Å²) >= 11 is 0. The molecule has 2 rings (SSSR count). The van der Waals surface area contributed by atoms with Crippen molar-refractivity contribution in [2.24, 2.45) is 0 Å². The number of alkyl halides is 3. The Morgan fingerprint density at radius 2 is 2.11 bits per heavy atom. The SMILES string of the molecule is O=S(=O)(NC1(C(F)(F)F)CC1)c1cnn(CCO)c1. The smallest absolute Gasteiger partial charge is 0.394 e. The molecule has 0 radical (unpaired) electrons. The van der Waals surface area contributed by atoms with Crippen molar-refractivity contribution >= 4 is 10.0 Å². The quantitative estimate of drug-likeness (QED) is 0.816. The summed E-state index contributed by atoms with van der Waals surface area (Å²) < 4.78 is 64.5. The summed E-state index contributed by atoms with van der Waals surface area (Å²) in [5.41, 5.74) is -2.34. The molecule has 6 nitrogen and oxygen atoms in total. The molecule has 1 saturated carbocycles. The predicted molar refractivity (Wildman–Crippen MR) is 57.7 cm³/mol. The molecule has 19 heavy (non-hydrogen) atoms. The van der Waals surface area contributed by atoms with Crippen molar-refractivity contribution in [2.45, 2.75) is 36.0 Å². The summed E-state index contributed by atoms with van der Waals surface area (Å²) in [5.74, 6) is 0. The lowest BCUT2D eigenvalue weighted by molar-refractivity contribution is -0.160. The van der Waals surface area contributed by atoms with E-state index in [0.29, 0.717) is 0 Å². The van der Waals surface area contributed by atoms with Gasteiger partial charge in [0, 0.05) is 6.20 Å². The van der Waals surface area contributed by atoms with Gasteiger partial charge in [-0.05, 0) is 12.8 Å². The van der Waals surface area contributed by atoms with Crippen LogP contribution < -0.4 is 4.72 Å². The van der Waals surface area contributed by atoms with Gasteiger partial charge in [-0.3, -0.25) is 4.68 Å². The van der Waals surface area contributed by atoms with Crippen LogP contribution in [0, 0.1) is 0 Å². The van der Waals surface area contributed by atoms with Crippen molar-refractivity contribution in [3.63, 3.8) is 0 Å². The van der Waals surface area contributed by atoms with Crippen LogP contribution in [0.25, 0.3) is 0 Å². The molecule has 2 N–H and O–H groups in total. The first-order valence-corrected chi connectivity index (χ1v) is 6.93. The van der Waals surface area contributed by atoms with Crippen LogP contribution in [-0.2, 0) is 16.6 Å². The number of halogens is 3. The number of hydrogen-bond donors (Lipinski definition) is 2. The Bertz CT molecular complexity index is 563. The van der Waals surface area contributed by atoms with Gasteiger partial charge in [-0.15, -0.1) is 0 Å². The third-order valence-corrected chi connectivity index (χ3v) is 4.36. The van der Waals surface area contributed by atoms with Crippen molar-refractivity contribution in [1.82, 2.24) is 14.5 Å². The molecule has 0 amide bonds. The number of sulfonamides is 1. The van der Waals surface area contributed by atoms with E-state index in [4.69, 9.17) is 5.11 Å². The average Bonchev–Trinajstić information content (AvgIpc) is 2.89. The number of hydrogen-bond acceptors (Lipinski definition) is 4. The fourth-order valence-electron chi connectivity index (χ4n) is 1.59. The molecule has 1 aliphatic rings. The molecule has 1 aliphatic carbocycles. The number of aliphatic hydroxyl groups is 1. The van der Waals surface area contributed by atoms with Crippen LogP contribution >= 0.6 is 0 Å². The molecule has 0 spiro atoms. The molecule has 0 aromatic carbocycles. The highest BCUT2D eigenvalue weighted by Gasteiger charge is 2.65. The second-order valence-corrected chi connectivity index (χ2v) is 6.03. The monoisotopic (exact) mass is 299 g/mol. The molecule has 1 fully saturated rings. The average molecular weight is 299 g/mol. The lowest BCUT2D eigenvalue weighted by Crippen LogP contribution is -2.47. The van der Waals surface area contributed by atoms with Gasteiger partial charge in [0.2, 0.25) is 10.0 Å². The fourth-order valence-corrected chi connectivity index (χ4v) is 2.99. The van der Waals surface area contributed by atoms with Crippen LogP contribution in [0.2, 0.25) is 0 Å². The molecule has 1 aromatic rings. The van der Waals surface area contributed by atoms with E-state index in [-0.39, 0.29) is 30.9 Å². The van der Waals surface area contributed by atoms with E-state index in [0.717, 1.165) is 17.1 Å². The number of aliphatic hydroxyl groups excluding tert-OH is 1. The molecular weight excluding hydrogens is 287 g/mol. The minimum atomic E-state index is -4.61. The molecule has 0 aliphatic heterocycles. The van der Waals surface area contributed by atoms with Crippen molar-refractivity contribution in [2.75, 3.05) is 6.61 Å². The molecule has 10 heteroatoms. The molecule has 0 unspecified atom stereocenters. The molecule has 1 heterocycles. The normalized spacial score (nSPS) is 18.5. The second kappa shape index (κ2) is 4.46. The summed E-state index contributed by atoms with van der Waals surface area (Å²) in [4.78, 5) is -0.350. The minimum Gasteiger partial charge on any atom is -0.394 e. The van der Waals surface area contributed by atoms with E-state index in [2.05, 4.69) is 5.10 Å². The standard InChI is InChI=1S/C9H12F3N3O3S/c10-9(11,12)8(1-2-8)14-19(17,18)7-5-13-15(6-7)3-4-16/h5-6,14,16H,1-4H2. The van der Waals surface area contributed by atoms with Crippen molar-refractivity contribution < 1.29 is 26.7 Å². The third kappa shape index (κ3) is 2.74. The zero-order valence-corrected chi connectivity index (χ0v) is 10.5. The zero-order valence-electron chi connectivity index (χ0n) is 9.68. The van der Waals surface area contributed by atoms with Gasteiger partial charge in [-0.2, -0.15) is 23.0 Å². The van der Waals surface area contributed by atoms with Gasteiger partial charge in [-0.25, -0.2) is 8.42 Å². The van der Waals surface area contributed by atoms with E-state index in [1.54, 1.807) is 4.72 Å². The van der Waals surface area contributed by atoms with Gasteiger partial charge >= 0.3 is 6.18 Å². The Kier molecular flexibility index (Phi) is 3.35. The first-order valence-electron chi connectivity index (χ1n) is 5.44. The second-order valence-electron chi connectivity index (χ2n) is 4.35. The summed E-state index contributed by atoms with van der Waals surface area (Å²) in [5, 5.41) is 12.3. The largest absolute Gasteiger partial charge is 0.407 e. The van der Waals surface area contributed by atoms with E-state index in [1.807, 2.05) is 0 Å². The van der Waals surface area contributed by atoms with E-state index >= 15 is 0 Å². The molecule has 1 aromatic heterocycles. The molecule has 0 bridgehead atoms. The Labute approximate surface area is 107 Å². The maximum absolute atomic E-state index is 12.7. The highest BCUT2D eigenvalue weighted by molar-refractivity contribution is 7.89. The van der Waals surface area contributed by atoms with Crippen molar-refractivity contribution in [1.29, 1.82) is 0 Å². The van der Waals surface area contributed by atoms with E-state index in [9.17, 15) is 21.6 Å². The molecule has 108 valence electrons. The van der Waals surface area contributed by atoms with Crippen LogP contribution in [0.4, 0.5) is 13.2 Å². The van der Waals surface area contributed by atoms with E-state index in [1.165, 1.54) is 0 Å². The maximum atomic E-state index is 12.7. The predicted octanol–water partition coefficient (Wildman–Crippen LogP) is 0.249. The lowest BCUT2D eigenvalue weighted by atomic mass is 10.3. The summed E-state index contributed by atoms with van der Waals surface area (Å²) in [6.07, 6.45) is -3.11. The van der Waals surface area contributed by atoms with Crippen molar-refractivity contribution in [3.8, 4) is 0 Å². The lowest BCUT2D eigenvalue weighted by Gasteiger charge is -2.19. The zero-order chi connectivity index (χ0) is 14.3. The molecular formula is C9H12F3N3O3S. The number of aromatic nitrogens is 2. The van der Waals surface area contributed by atoms with Gasteiger partial charge in [0.1, 0.15) is 10.4 Å². The first-order chi connectivity index (χ1) is 8.70. The maximum Gasteiger partial charge on any atom is 0.407 e. The summed E-state index contributed by atoms with van der Waals surface area (Å²) in [6.45, 7) is -0.180. The number of nitrogens with zero attached hydrogens (tertiary/aromatic N) is 2. The highest BCUT2D eigenvalue weighted by Crippen LogP contribution is 2.49. The van der Waals surface area contributed by atoms with Gasteiger partial charge in [0.25, 0.3) is 0 Å². The van der Waals surface area contributed by atoms with Gasteiger partial charge in [0.15, 0.2) is 0 Å². The Morgan fingerprint density at radius 3 is 2.58 bits per heavy atom. The van der Waals surface area contributed by atoms with Gasteiger partial charge in [0.05, 0.1) is 19.3 Å². The number of nitrogens with one attached hydrogen (secondary N) is 1. The Morgan fingerprint density at radius 1 is 1.47 bits per heavy atom. The molecule has 0 saturated heterocycles. The van der Waals surface area contributed by atoms with Crippen LogP contribution in [-0.4, -0.2) is 41.6 Å². The Balaban J connectivity index is 2.19. The van der Waals surface area contributed by atoms with E-state index < -0.39 is 21.7 Å². The highest BCUT2D eigenvalue weighted by atomic mass is 32.2. The molecule has 0 atom stereocenters. The fraction of sp³-hybridized carbons (Fsp3) is 0.667. The third-order valence-electron chi connectivity index (χ3n) is 2.87. The van der Waals surface area contributed by atoms with Crippen molar-refractivity contribution in [3.05, 3.63) is 12.4 Å². The van der Waals surface area contributed by atoms with Gasteiger partial charge in [-0.1, -0.05) is 0 Å². The van der Waals surface area contributed by atoms with Crippen LogP contribution in [0.3, 0.4) is 0 Å². The van der Waals surface area contributed by atoms with Gasteiger partial charge < -0.3 is 5.11 Å².